The summed E-state index contributed by atoms with van der Waals surface area (Å²) in [6.07, 6.45) is -0.130. The van der Waals surface area contributed by atoms with Gasteiger partial charge in [-0.25, -0.2) is 0 Å². The summed E-state index contributed by atoms with van der Waals surface area (Å²) < 4.78 is 10.3. The average Bonchev–Trinajstić information content (AvgIpc) is 3.29. The van der Waals surface area contributed by atoms with Crippen LogP contribution < -0.4 is 15.5 Å². The molecule has 0 aromatic heterocycles. The van der Waals surface area contributed by atoms with Gasteiger partial charge in [0.05, 0.1) is 31.2 Å². The molecule has 0 aliphatic carbocycles. The van der Waals surface area contributed by atoms with E-state index in [1.54, 1.807) is 24.3 Å². The molecule has 3 amide bonds. The Morgan fingerprint density at radius 3 is 2.14 bits per heavy atom. The molecule has 1 aliphatic heterocycles. The molecule has 2 N–H and O–H groups in total. The van der Waals surface area contributed by atoms with Crippen molar-refractivity contribution in [1.29, 1.82) is 0 Å². The van der Waals surface area contributed by atoms with Crippen LogP contribution in [0, 0.1) is 5.92 Å². The van der Waals surface area contributed by atoms with Crippen molar-refractivity contribution in [2.24, 2.45) is 5.92 Å². The molecule has 3 aromatic carbocycles. The van der Waals surface area contributed by atoms with Crippen molar-refractivity contribution in [3.05, 3.63) is 96.1 Å². The summed E-state index contributed by atoms with van der Waals surface area (Å²) in [6, 6.07) is 25.3. The van der Waals surface area contributed by atoms with Crippen molar-refractivity contribution in [1.82, 2.24) is 10.4 Å². The molecule has 9 nitrogen and oxygen atoms in total. The summed E-state index contributed by atoms with van der Waals surface area (Å²) in [4.78, 5) is 50.7. The van der Waals surface area contributed by atoms with Gasteiger partial charge in [-0.2, -0.15) is 0 Å². The number of carbonyl (C=O) groups excluding carboxylic acids is 4. The second-order valence-electron chi connectivity index (χ2n) is 8.49. The fourth-order valence-electron chi connectivity index (χ4n) is 4.15. The van der Waals surface area contributed by atoms with Gasteiger partial charge in [0, 0.05) is 6.42 Å². The molecule has 3 aromatic rings. The third kappa shape index (κ3) is 6.32. The van der Waals surface area contributed by atoms with E-state index in [4.69, 9.17) is 9.47 Å². The molecule has 1 fully saturated rings. The third-order valence-corrected chi connectivity index (χ3v) is 5.96. The van der Waals surface area contributed by atoms with Crippen molar-refractivity contribution in [2.45, 2.75) is 12.3 Å². The molecular formula is C28H27N3O6. The quantitative estimate of drug-likeness (QED) is 0.436. The molecule has 190 valence electrons. The highest BCUT2D eigenvalue weighted by molar-refractivity contribution is 5.95. The Labute approximate surface area is 214 Å². The van der Waals surface area contributed by atoms with Crippen LogP contribution in [-0.2, 0) is 23.9 Å². The summed E-state index contributed by atoms with van der Waals surface area (Å²) >= 11 is 0. The molecule has 0 bridgehead atoms. The van der Waals surface area contributed by atoms with E-state index in [9.17, 15) is 19.2 Å². The number of carbonyl (C=O) groups is 4. The number of hydrazine groups is 1. The predicted octanol–water partition coefficient (Wildman–Crippen LogP) is 2.89. The summed E-state index contributed by atoms with van der Waals surface area (Å²) in [7, 11) is 1.48. The number of anilines is 1. The Morgan fingerprint density at radius 1 is 0.919 bits per heavy atom. The van der Waals surface area contributed by atoms with Gasteiger partial charge in [0.15, 0.2) is 6.61 Å². The van der Waals surface area contributed by atoms with Crippen LogP contribution in [0.15, 0.2) is 84.9 Å². The Balaban J connectivity index is 1.34. The molecule has 4 rings (SSSR count). The monoisotopic (exact) mass is 501 g/mol. The van der Waals surface area contributed by atoms with Gasteiger partial charge in [0.25, 0.3) is 11.8 Å². The number of esters is 1. The maximum Gasteiger partial charge on any atom is 0.311 e. The Morgan fingerprint density at radius 2 is 1.51 bits per heavy atom. The standard InChI is InChI=1S/C28H27N3O6/c1-36-23-15-9-8-14-22(23)29-24(32)18-37-28(35)21-16-25(33)31(17-21)30-27(34)26(19-10-4-2-5-11-19)20-12-6-3-7-13-20/h2-15,21,26H,16-18H2,1H3,(H,29,32)(H,30,34)/t21-/m0/s1. The molecule has 1 atom stereocenters. The van der Waals surface area contributed by atoms with E-state index in [0.29, 0.717) is 11.4 Å². The van der Waals surface area contributed by atoms with Gasteiger partial charge >= 0.3 is 5.97 Å². The van der Waals surface area contributed by atoms with Gasteiger partial charge in [-0.05, 0) is 23.3 Å². The van der Waals surface area contributed by atoms with Gasteiger partial charge in [-0.1, -0.05) is 72.8 Å². The van der Waals surface area contributed by atoms with Gasteiger partial charge in [0.2, 0.25) is 5.91 Å². The summed E-state index contributed by atoms with van der Waals surface area (Å²) in [6.45, 7) is -0.564. The number of benzene rings is 3. The largest absolute Gasteiger partial charge is 0.495 e. The minimum absolute atomic E-state index is 0.0478. The number of rotatable bonds is 9. The van der Waals surface area contributed by atoms with E-state index in [-0.39, 0.29) is 13.0 Å². The van der Waals surface area contributed by atoms with Crippen LogP contribution in [0.1, 0.15) is 23.5 Å². The number of ether oxygens (including phenoxy) is 2. The summed E-state index contributed by atoms with van der Waals surface area (Å²) in [5, 5.41) is 3.76. The van der Waals surface area contributed by atoms with Crippen LogP contribution in [-0.4, -0.2) is 49.0 Å². The zero-order valence-electron chi connectivity index (χ0n) is 20.3. The van der Waals surface area contributed by atoms with Crippen molar-refractivity contribution in [3.63, 3.8) is 0 Å². The number of amides is 3. The number of nitrogens with one attached hydrogen (secondary N) is 2. The number of para-hydroxylation sites is 2. The molecule has 0 unspecified atom stereocenters. The molecule has 9 heteroatoms. The van der Waals surface area contributed by atoms with Gasteiger partial charge < -0.3 is 14.8 Å². The molecule has 1 aliphatic rings. The first-order valence-electron chi connectivity index (χ1n) is 11.8. The molecule has 0 radical (unpaired) electrons. The lowest BCUT2D eigenvalue weighted by molar-refractivity contribution is -0.151. The van der Waals surface area contributed by atoms with E-state index in [1.807, 2.05) is 60.7 Å². The number of hydrogen-bond donors (Lipinski definition) is 2. The average molecular weight is 502 g/mol. The molecular weight excluding hydrogens is 474 g/mol. The lowest BCUT2D eigenvalue weighted by Gasteiger charge is -2.23. The number of nitrogens with zero attached hydrogens (tertiary/aromatic N) is 1. The van der Waals surface area contributed by atoms with Crippen molar-refractivity contribution in [2.75, 3.05) is 25.6 Å². The lowest BCUT2D eigenvalue weighted by Crippen LogP contribution is -2.45. The fraction of sp³-hybridized carbons (Fsp3) is 0.214. The van der Waals surface area contributed by atoms with Crippen LogP contribution in [0.4, 0.5) is 5.69 Å². The smallest absolute Gasteiger partial charge is 0.311 e. The van der Waals surface area contributed by atoms with E-state index in [1.165, 1.54) is 7.11 Å². The van der Waals surface area contributed by atoms with Crippen LogP contribution in [0.2, 0.25) is 0 Å². The third-order valence-electron chi connectivity index (χ3n) is 5.96. The zero-order valence-corrected chi connectivity index (χ0v) is 20.3. The fourth-order valence-corrected chi connectivity index (χ4v) is 4.15. The van der Waals surface area contributed by atoms with E-state index in [2.05, 4.69) is 10.7 Å². The minimum Gasteiger partial charge on any atom is -0.495 e. The topological polar surface area (TPSA) is 114 Å². The first-order valence-corrected chi connectivity index (χ1v) is 11.8. The zero-order chi connectivity index (χ0) is 26.2. The second-order valence-corrected chi connectivity index (χ2v) is 8.49. The lowest BCUT2D eigenvalue weighted by atomic mass is 9.91. The second kappa shape index (κ2) is 11.9. The molecule has 0 spiro atoms. The maximum atomic E-state index is 13.3. The summed E-state index contributed by atoms with van der Waals surface area (Å²) in [5.41, 5.74) is 4.66. The molecule has 1 saturated heterocycles. The summed E-state index contributed by atoms with van der Waals surface area (Å²) in [5.74, 6) is -3.01. The van der Waals surface area contributed by atoms with Gasteiger partial charge in [0.1, 0.15) is 5.75 Å². The van der Waals surface area contributed by atoms with Crippen LogP contribution >= 0.6 is 0 Å². The first-order chi connectivity index (χ1) is 18.0. The minimum atomic E-state index is -0.807. The maximum absolute atomic E-state index is 13.3. The van der Waals surface area contributed by atoms with Crippen LogP contribution in [0.5, 0.6) is 5.75 Å². The first kappa shape index (κ1) is 25.4. The molecule has 37 heavy (non-hydrogen) atoms. The van der Waals surface area contributed by atoms with E-state index >= 15 is 0 Å². The van der Waals surface area contributed by atoms with Crippen LogP contribution in [0.3, 0.4) is 0 Å². The normalized spacial score (nSPS) is 14.8. The SMILES string of the molecule is COc1ccccc1NC(=O)COC(=O)[C@H]1CC(=O)N(NC(=O)C(c2ccccc2)c2ccccc2)C1. The Bertz CT molecular complexity index is 1230. The van der Waals surface area contributed by atoms with Crippen molar-refractivity contribution in [3.8, 4) is 5.75 Å². The molecule has 0 saturated carbocycles. The highest BCUT2D eigenvalue weighted by Gasteiger charge is 2.37. The molecule has 1 heterocycles. The van der Waals surface area contributed by atoms with E-state index in [0.717, 1.165) is 16.1 Å². The predicted molar refractivity (Wildman–Crippen MR) is 135 cm³/mol. The Hall–Kier alpha value is -4.66. The van der Waals surface area contributed by atoms with Crippen molar-refractivity contribution < 1.29 is 28.7 Å². The highest BCUT2D eigenvalue weighted by atomic mass is 16.5. The number of hydrogen-bond acceptors (Lipinski definition) is 6. The number of methoxy groups -OCH3 is 1. The van der Waals surface area contributed by atoms with Crippen LogP contribution in [0.25, 0.3) is 0 Å². The Kier molecular flexibility index (Phi) is 8.15. The van der Waals surface area contributed by atoms with Gasteiger partial charge in [-0.3, -0.25) is 29.6 Å². The van der Waals surface area contributed by atoms with E-state index < -0.39 is 42.1 Å². The van der Waals surface area contributed by atoms with Gasteiger partial charge in [-0.15, -0.1) is 0 Å². The van der Waals surface area contributed by atoms with Crippen molar-refractivity contribution >= 4 is 29.4 Å². The highest BCUT2D eigenvalue weighted by Crippen LogP contribution is 2.26.